The number of hydrogen-bond donors (Lipinski definition) is 0. The highest BCUT2D eigenvalue weighted by Crippen LogP contribution is 2.27. The van der Waals surface area contributed by atoms with E-state index in [0.717, 1.165) is 22.3 Å². The zero-order valence-electron chi connectivity index (χ0n) is 13.7. The van der Waals surface area contributed by atoms with Gasteiger partial charge in [0.05, 0.1) is 27.6 Å². The van der Waals surface area contributed by atoms with Gasteiger partial charge >= 0.3 is 4.34 Å². The average molecular weight is 355 g/mol. The number of rotatable bonds is 3. The summed E-state index contributed by atoms with van der Waals surface area (Å²) < 4.78 is 15.6. The molecule has 2 aromatic heterocycles. The van der Waals surface area contributed by atoms with Gasteiger partial charge in [-0.2, -0.15) is 4.98 Å². The quantitative estimate of drug-likeness (QED) is 0.521. The minimum atomic E-state index is -1.03. The molecule has 4 aromatic rings. The van der Waals surface area contributed by atoms with E-state index in [-0.39, 0.29) is 0 Å². The number of hydrogen-bond acceptors (Lipinski definition) is 4. The summed E-state index contributed by atoms with van der Waals surface area (Å²) in [7, 11) is 0. The van der Waals surface area contributed by atoms with Crippen LogP contribution in [-0.2, 0) is 17.7 Å². The van der Waals surface area contributed by atoms with Crippen LogP contribution < -0.4 is 0 Å². The molecule has 0 saturated heterocycles. The van der Waals surface area contributed by atoms with E-state index in [1.54, 1.807) is 6.26 Å². The molecule has 1 atom stereocenters. The van der Waals surface area contributed by atoms with E-state index in [0.29, 0.717) is 4.34 Å². The molecule has 0 N–H and O–H groups in total. The van der Waals surface area contributed by atoms with Crippen LogP contribution in [0.1, 0.15) is 16.7 Å². The van der Waals surface area contributed by atoms with Crippen molar-refractivity contribution < 1.29 is 4.55 Å². The second-order valence-electron chi connectivity index (χ2n) is 6.06. The van der Waals surface area contributed by atoms with Gasteiger partial charge in [-0.1, -0.05) is 23.5 Å². The fourth-order valence-corrected chi connectivity index (χ4v) is 4.81. The molecule has 0 radical (unpaired) electrons. The van der Waals surface area contributed by atoms with Crippen molar-refractivity contribution in [2.75, 3.05) is 6.26 Å². The van der Waals surface area contributed by atoms with E-state index in [1.165, 1.54) is 33.5 Å². The van der Waals surface area contributed by atoms with Crippen LogP contribution in [0, 0.1) is 13.8 Å². The lowest BCUT2D eigenvalue weighted by Crippen LogP contribution is -1.99. The van der Waals surface area contributed by atoms with Gasteiger partial charge in [0.15, 0.2) is 0 Å². The number of nitrogens with zero attached hydrogens (tertiary/aromatic N) is 3. The molecule has 2 heterocycles. The van der Waals surface area contributed by atoms with Crippen LogP contribution >= 0.6 is 11.3 Å². The van der Waals surface area contributed by atoms with Crippen LogP contribution in [0.25, 0.3) is 21.3 Å². The first-order chi connectivity index (χ1) is 11.5. The number of aromatic nitrogens is 3. The SMILES string of the molecule is Cc1cc(C)c2c(c1)ncn2Cc1ccc2nc([S+](C)[O-])sc2c1. The van der Waals surface area contributed by atoms with Crippen molar-refractivity contribution in [3.63, 3.8) is 0 Å². The second kappa shape index (κ2) is 5.88. The summed E-state index contributed by atoms with van der Waals surface area (Å²) in [6, 6.07) is 10.5. The maximum Gasteiger partial charge on any atom is 0.302 e. The van der Waals surface area contributed by atoms with Crippen molar-refractivity contribution >= 4 is 43.8 Å². The smallest absolute Gasteiger partial charge is 0.302 e. The predicted octanol–water partition coefficient (Wildman–Crippen LogP) is 4.05. The lowest BCUT2D eigenvalue weighted by molar-refractivity contribution is 0.600. The van der Waals surface area contributed by atoms with Crippen molar-refractivity contribution in [2.24, 2.45) is 0 Å². The third-order valence-electron chi connectivity index (χ3n) is 4.08. The molecule has 0 saturated carbocycles. The Balaban J connectivity index is 1.74. The van der Waals surface area contributed by atoms with Gasteiger partial charge in [-0.3, -0.25) is 0 Å². The van der Waals surface area contributed by atoms with Crippen molar-refractivity contribution in [1.82, 2.24) is 14.5 Å². The van der Waals surface area contributed by atoms with Crippen molar-refractivity contribution in [2.45, 2.75) is 24.7 Å². The molecule has 0 aliphatic carbocycles. The fraction of sp³-hybridized carbons (Fsp3) is 0.222. The molecule has 0 spiro atoms. The number of aryl methyl sites for hydroxylation is 2. The Morgan fingerprint density at radius 2 is 2.00 bits per heavy atom. The van der Waals surface area contributed by atoms with Crippen LogP contribution in [0.15, 0.2) is 41.0 Å². The molecular formula is C18H17N3OS2. The van der Waals surface area contributed by atoms with Gasteiger partial charge in [0.25, 0.3) is 0 Å². The lowest BCUT2D eigenvalue weighted by atomic mass is 10.1. The van der Waals surface area contributed by atoms with Gasteiger partial charge in [-0.05, 0) is 48.7 Å². The van der Waals surface area contributed by atoms with E-state index in [4.69, 9.17) is 0 Å². The molecule has 4 rings (SSSR count). The Labute approximate surface area is 147 Å². The van der Waals surface area contributed by atoms with E-state index in [2.05, 4.69) is 52.6 Å². The number of fused-ring (bicyclic) bond motifs is 2. The fourth-order valence-electron chi connectivity index (χ4n) is 3.09. The summed E-state index contributed by atoms with van der Waals surface area (Å²) in [4.78, 5) is 8.96. The van der Waals surface area contributed by atoms with Crippen molar-refractivity contribution in [3.8, 4) is 0 Å². The minimum absolute atomic E-state index is 0.682. The van der Waals surface area contributed by atoms with Crippen LogP contribution in [0.3, 0.4) is 0 Å². The van der Waals surface area contributed by atoms with Gasteiger partial charge < -0.3 is 9.12 Å². The number of benzene rings is 2. The van der Waals surface area contributed by atoms with Gasteiger partial charge in [-0.25, -0.2) is 4.98 Å². The summed E-state index contributed by atoms with van der Waals surface area (Å²) in [6.45, 7) is 4.99. The molecule has 6 heteroatoms. The minimum Gasteiger partial charge on any atom is -0.610 e. The Morgan fingerprint density at radius 3 is 2.79 bits per heavy atom. The van der Waals surface area contributed by atoms with E-state index in [1.807, 2.05) is 12.4 Å². The van der Waals surface area contributed by atoms with Gasteiger partial charge in [-0.15, -0.1) is 0 Å². The first kappa shape index (κ1) is 15.6. The molecule has 122 valence electrons. The summed E-state index contributed by atoms with van der Waals surface area (Å²) in [5, 5.41) is 0. The highest BCUT2D eigenvalue weighted by Gasteiger charge is 2.13. The van der Waals surface area contributed by atoms with E-state index in [9.17, 15) is 4.55 Å². The summed E-state index contributed by atoms with van der Waals surface area (Å²) in [5.41, 5.74) is 6.80. The summed E-state index contributed by atoms with van der Waals surface area (Å²) in [6.07, 6.45) is 3.57. The van der Waals surface area contributed by atoms with Crippen molar-refractivity contribution in [3.05, 3.63) is 53.3 Å². The molecule has 4 nitrogen and oxygen atoms in total. The van der Waals surface area contributed by atoms with Crippen LogP contribution in [0.4, 0.5) is 0 Å². The lowest BCUT2D eigenvalue weighted by Gasteiger charge is -2.07. The van der Waals surface area contributed by atoms with Gasteiger partial charge in [0.2, 0.25) is 0 Å². The zero-order chi connectivity index (χ0) is 16.8. The average Bonchev–Trinajstić information content (AvgIpc) is 3.11. The Hall–Kier alpha value is -1.89. The van der Waals surface area contributed by atoms with Gasteiger partial charge in [0, 0.05) is 17.7 Å². The van der Waals surface area contributed by atoms with Crippen LogP contribution in [-0.4, -0.2) is 25.3 Å². The zero-order valence-corrected chi connectivity index (χ0v) is 15.4. The van der Waals surface area contributed by atoms with E-state index < -0.39 is 11.2 Å². The largest absolute Gasteiger partial charge is 0.610 e. The van der Waals surface area contributed by atoms with Crippen molar-refractivity contribution in [1.29, 1.82) is 0 Å². The predicted molar refractivity (Wildman–Crippen MR) is 100 cm³/mol. The molecule has 0 amide bonds. The van der Waals surface area contributed by atoms with E-state index >= 15 is 0 Å². The first-order valence-corrected chi connectivity index (χ1v) is 10.0. The Morgan fingerprint density at radius 1 is 1.17 bits per heavy atom. The first-order valence-electron chi connectivity index (χ1n) is 7.66. The molecule has 0 aliphatic rings. The molecule has 1 unspecified atom stereocenters. The van der Waals surface area contributed by atoms with Crippen LogP contribution in [0.2, 0.25) is 0 Å². The monoisotopic (exact) mass is 355 g/mol. The standard InChI is InChI=1S/C18H17N3OS2/c1-11-6-12(2)17-15(7-11)19-10-21(17)9-13-4-5-14-16(8-13)23-18(20-14)24(3)22/h4-8,10H,9H2,1-3H3. The second-order valence-corrected chi connectivity index (χ2v) is 8.64. The Bertz CT molecular complexity index is 1050. The van der Waals surface area contributed by atoms with Gasteiger partial charge in [0.1, 0.15) is 6.26 Å². The topological polar surface area (TPSA) is 53.8 Å². The molecule has 0 fully saturated rings. The third-order valence-corrected chi connectivity index (χ3v) is 6.43. The maximum atomic E-state index is 11.6. The highest BCUT2D eigenvalue weighted by atomic mass is 32.2. The highest BCUT2D eigenvalue weighted by molar-refractivity contribution is 7.92. The molecule has 0 bridgehead atoms. The maximum absolute atomic E-state index is 11.6. The summed E-state index contributed by atoms with van der Waals surface area (Å²) >= 11 is 0.473. The molecule has 0 aliphatic heterocycles. The van der Waals surface area contributed by atoms with Crippen LogP contribution in [0.5, 0.6) is 0 Å². The third kappa shape index (κ3) is 2.70. The molecular weight excluding hydrogens is 338 g/mol. The summed E-state index contributed by atoms with van der Waals surface area (Å²) in [5.74, 6) is 0. The molecule has 2 aromatic carbocycles. The number of thiazole rings is 1. The Kier molecular flexibility index (Phi) is 3.83. The number of imidazole rings is 1. The normalized spacial score (nSPS) is 13.0. The molecule has 24 heavy (non-hydrogen) atoms.